The smallest absolute Gasteiger partial charge is 0.295 e. The number of halogens is 1. The molecule has 2 aromatic carbocycles. The molecule has 0 radical (unpaired) electrons. The molecule has 106 valence electrons. The van der Waals surface area contributed by atoms with Gasteiger partial charge in [0.05, 0.1) is 11.0 Å². The number of imidazole rings is 1. The molecular weight excluding hydrogens is 288 g/mol. The van der Waals surface area contributed by atoms with E-state index in [9.17, 15) is 9.59 Å². The second kappa shape index (κ2) is 4.90. The number of rotatable bonds is 2. The van der Waals surface area contributed by atoms with Gasteiger partial charge in [-0.05, 0) is 30.3 Å². The third kappa shape index (κ3) is 2.17. The first-order chi connectivity index (χ1) is 9.99. The van der Waals surface area contributed by atoms with Crippen LogP contribution in [0, 0.1) is 0 Å². The maximum Gasteiger partial charge on any atom is 0.328 e. The molecule has 1 aromatic heterocycles. The summed E-state index contributed by atoms with van der Waals surface area (Å²) in [7, 11) is 3.40. The molecule has 0 unspecified atom stereocenters. The van der Waals surface area contributed by atoms with Crippen molar-refractivity contribution >= 4 is 28.4 Å². The Morgan fingerprint density at radius 2 is 1.62 bits per heavy atom. The maximum atomic E-state index is 12.5. The lowest BCUT2D eigenvalue weighted by atomic mass is 10.0. The van der Waals surface area contributed by atoms with Gasteiger partial charge >= 0.3 is 5.69 Å². The molecule has 0 aliphatic heterocycles. The molecule has 21 heavy (non-hydrogen) atoms. The van der Waals surface area contributed by atoms with E-state index in [0.29, 0.717) is 16.1 Å². The largest absolute Gasteiger partial charge is 0.328 e. The van der Waals surface area contributed by atoms with Crippen molar-refractivity contribution in [1.82, 2.24) is 9.13 Å². The molecule has 1 heterocycles. The van der Waals surface area contributed by atoms with Crippen LogP contribution in [0.4, 0.5) is 0 Å². The van der Waals surface area contributed by atoms with Crippen LogP contribution in [0.25, 0.3) is 11.0 Å². The third-order valence-corrected chi connectivity index (χ3v) is 3.86. The van der Waals surface area contributed by atoms with Crippen LogP contribution in [0.1, 0.15) is 15.9 Å². The van der Waals surface area contributed by atoms with Crippen molar-refractivity contribution < 1.29 is 4.79 Å². The number of hydrogen-bond acceptors (Lipinski definition) is 2. The minimum atomic E-state index is -0.115. The van der Waals surface area contributed by atoms with Gasteiger partial charge in [0.25, 0.3) is 0 Å². The van der Waals surface area contributed by atoms with Crippen molar-refractivity contribution in [1.29, 1.82) is 0 Å². The summed E-state index contributed by atoms with van der Waals surface area (Å²) in [6.45, 7) is 0. The van der Waals surface area contributed by atoms with Gasteiger partial charge in [-0.15, -0.1) is 0 Å². The predicted octanol–water partition coefficient (Wildman–Crippen LogP) is 2.76. The van der Waals surface area contributed by atoms with Crippen LogP contribution in [-0.4, -0.2) is 14.9 Å². The predicted molar refractivity (Wildman–Crippen MR) is 83.0 cm³/mol. The van der Waals surface area contributed by atoms with Gasteiger partial charge in [-0.25, -0.2) is 4.79 Å². The van der Waals surface area contributed by atoms with E-state index in [4.69, 9.17) is 11.6 Å². The molecule has 0 bridgehead atoms. The first-order valence-corrected chi connectivity index (χ1v) is 6.82. The molecule has 3 aromatic rings. The Bertz CT molecular complexity index is 922. The fraction of sp³-hybridized carbons (Fsp3) is 0.125. The first kappa shape index (κ1) is 13.6. The summed E-state index contributed by atoms with van der Waals surface area (Å²) in [4.78, 5) is 24.4. The first-order valence-electron chi connectivity index (χ1n) is 6.45. The summed E-state index contributed by atoms with van der Waals surface area (Å²) < 4.78 is 3.09. The molecule has 0 saturated carbocycles. The maximum absolute atomic E-state index is 12.5. The van der Waals surface area contributed by atoms with Crippen molar-refractivity contribution in [3.63, 3.8) is 0 Å². The minimum Gasteiger partial charge on any atom is -0.295 e. The second-order valence-corrected chi connectivity index (χ2v) is 5.38. The van der Waals surface area contributed by atoms with Gasteiger partial charge in [0.15, 0.2) is 5.78 Å². The van der Waals surface area contributed by atoms with Crippen molar-refractivity contribution in [2.75, 3.05) is 0 Å². The fourth-order valence-corrected chi connectivity index (χ4v) is 2.63. The van der Waals surface area contributed by atoms with E-state index in [1.54, 1.807) is 61.1 Å². The average molecular weight is 301 g/mol. The van der Waals surface area contributed by atoms with Gasteiger partial charge in [-0.2, -0.15) is 0 Å². The van der Waals surface area contributed by atoms with Gasteiger partial charge in [-0.1, -0.05) is 23.7 Å². The number of carbonyl (C=O) groups excluding carboxylic acids is 1. The Morgan fingerprint density at radius 1 is 0.952 bits per heavy atom. The van der Waals surface area contributed by atoms with Crippen molar-refractivity contribution in [3.8, 4) is 0 Å². The standard InChI is InChI=1S/C16H13ClN2O2/c1-18-13-7-6-11(9-14(13)19(2)16(18)21)15(20)10-4-3-5-12(17)8-10/h3-9H,1-2H3. The molecule has 0 spiro atoms. The van der Waals surface area contributed by atoms with Gasteiger partial charge in [0.2, 0.25) is 0 Å². The number of fused-ring (bicyclic) bond motifs is 1. The molecule has 0 aliphatic carbocycles. The Balaban J connectivity index is 2.15. The Hall–Kier alpha value is -2.33. The van der Waals surface area contributed by atoms with E-state index >= 15 is 0 Å². The monoisotopic (exact) mass is 300 g/mol. The summed E-state index contributed by atoms with van der Waals surface area (Å²) in [5.41, 5.74) is 2.48. The van der Waals surface area contributed by atoms with Crippen LogP contribution >= 0.6 is 11.6 Å². The van der Waals surface area contributed by atoms with Gasteiger partial charge < -0.3 is 0 Å². The highest BCUT2D eigenvalue weighted by molar-refractivity contribution is 6.31. The highest BCUT2D eigenvalue weighted by Gasteiger charge is 2.13. The van der Waals surface area contributed by atoms with Gasteiger partial charge in [-0.3, -0.25) is 13.9 Å². The minimum absolute atomic E-state index is 0.114. The number of aromatic nitrogens is 2. The van der Waals surface area contributed by atoms with E-state index in [1.165, 1.54) is 4.57 Å². The van der Waals surface area contributed by atoms with Crippen LogP contribution in [0.3, 0.4) is 0 Å². The van der Waals surface area contributed by atoms with Crippen LogP contribution in [0.15, 0.2) is 47.3 Å². The van der Waals surface area contributed by atoms with Gasteiger partial charge in [0, 0.05) is 30.2 Å². The van der Waals surface area contributed by atoms with Crippen LogP contribution < -0.4 is 5.69 Å². The molecule has 0 saturated heterocycles. The third-order valence-electron chi connectivity index (χ3n) is 3.62. The zero-order valence-corrected chi connectivity index (χ0v) is 12.4. The molecular formula is C16H13ClN2O2. The van der Waals surface area contributed by atoms with E-state index in [1.807, 2.05) is 0 Å². The van der Waals surface area contributed by atoms with Crippen LogP contribution in [0.5, 0.6) is 0 Å². The number of ketones is 1. The Morgan fingerprint density at radius 3 is 2.33 bits per heavy atom. The molecule has 3 rings (SSSR count). The number of nitrogens with zero attached hydrogens (tertiary/aromatic N) is 2. The topological polar surface area (TPSA) is 44.0 Å². The lowest BCUT2D eigenvalue weighted by molar-refractivity contribution is 0.103. The number of carbonyl (C=O) groups is 1. The quantitative estimate of drug-likeness (QED) is 0.683. The van der Waals surface area contributed by atoms with Crippen LogP contribution in [-0.2, 0) is 14.1 Å². The van der Waals surface area contributed by atoms with Gasteiger partial charge in [0.1, 0.15) is 0 Å². The average Bonchev–Trinajstić information content (AvgIpc) is 2.71. The zero-order chi connectivity index (χ0) is 15.1. The van der Waals surface area contributed by atoms with Crippen molar-refractivity contribution in [2.24, 2.45) is 14.1 Å². The lowest BCUT2D eigenvalue weighted by Crippen LogP contribution is -2.19. The normalized spacial score (nSPS) is 11.0. The SMILES string of the molecule is Cn1c(=O)n(C)c2cc(C(=O)c3cccc(Cl)c3)ccc21. The number of benzene rings is 2. The Kier molecular flexibility index (Phi) is 3.18. The van der Waals surface area contributed by atoms with E-state index in [-0.39, 0.29) is 11.5 Å². The number of aryl methyl sites for hydroxylation is 2. The molecule has 5 heteroatoms. The second-order valence-electron chi connectivity index (χ2n) is 4.94. The highest BCUT2D eigenvalue weighted by atomic mass is 35.5. The summed E-state index contributed by atoms with van der Waals surface area (Å²) >= 11 is 5.92. The molecule has 4 nitrogen and oxygen atoms in total. The van der Waals surface area contributed by atoms with Crippen LogP contribution in [0.2, 0.25) is 5.02 Å². The van der Waals surface area contributed by atoms with E-state index < -0.39 is 0 Å². The summed E-state index contributed by atoms with van der Waals surface area (Å²) in [6.07, 6.45) is 0. The summed E-state index contributed by atoms with van der Waals surface area (Å²) in [5.74, 6) is -0.115. The fourth-order valence-electron chi connectivity index (χ4n) is 2.44. The van der Waals surface area contributed by atoms with Crippen molar-refractivity contribution in [3.05, 3.63) is 69.1 Å². The zero-order valence-electron chi connectivity index (χ0n) is 11.6. The molecule has 0 N–H and O–H groups in total. The molecule has 0 fully saturated rings. The lowest BCUT2D eigenvalue weighted by Gasteiger charge is -2.03. The summed E-state index contributed by atoms with van der Waals surface area (Å²) in [5, 5.41) is 0.522. The van der Waals surface area contributed by atoms with Crippen molar-refractivity contribution in [2.45, 2.75) is 0 Å². The molecule has 0 atom stereocenters. The number of hydrogen-bond donors (Lipinski definition) is 0. The molecule has 0 amide bonds. The van der Waals surface area contributed by atoms with E-state index in [0.717, 1.165) is 11.0 Å². The highest BCUT2D eigenvalue weighted by Crippen LogP contribution is 2.19. The molecule has 0 aliphatic rings. The summed E-state index contributed by atoms with van der Waals surface area (Å²) in [6, 6.07) is 12.1. The Labute approximate surface area is 126 Å². The van der Waals surface area contributed by atoms with E-state index in [2.05, 4.69) is 0 Å².